The molecule has 2 aromatic rings. The van der Waals surface area contributed by atoms with Gasteiger partial charge in [0.15, 0.2) is 6.10 Å². The van der Waals surface area contributed by atoms with Crippen molar-refractivity contribution in [1.82, 2.24) is 0 Å². The highest BCUT2D eigenvalue weighted by Gasteiger charge is 2.18. The smallest absolute Gasteiger partial charge is 0.271 e. The Labute approximate surface area is 140 Å². The number of benzene rings is 2. The van der Waals surface area contributed by atoms with E-state index in [2.05, 4.69) is 5.32 Å². The molecule has 6 nitrogen and oxygen atoms in total. The normalized spacial score (nSPS) is 11.7. The van der Waals surface area contributed by atoms with Gasteiger partial charge in [-0.2, -0.15) is 0 Å². The van der Waals surface area contributed by atoms with Gasteiger partial charge in [-0.1, -0.05) is 18.2 Å². The van der Waals surface area contributed by atoms with Crippen LogP contribution < -0.4 is 10.1 Å². The van der Waals surface area contributed by atoms with Gasteiger partial charge in [0, 0.05) is 12.1 Å². The molecule has 126 valence electrons. The van der Waals surface area contributed by atoms with E-state index in [9.17, 15) is 14.9 Å². The number of nitro groups is 1. The molecule has 0 aliphatic heterocycles. The number of rotatable bonds is 5. The summed E-state index contributed by atoms with van der Waals surface area (Å²) in [6.45, 7) is 7.27. The third-order valence-electron chi connectivity index (χ3n) is 3.71. The molecule has 1 amide bonds. The van der Waals surface area contributed by atoms with Gasteiger partial charge in [0.1, 0.15) is 5.75 Å². The van der Waals surface area contributed by atoms with Crippen LogP contribution in [0.4, 0.5) is 11.4 Å². The van der Waals surface area contributed by atoms with Crippen LogP contribution in [0.25, 0.3) is 0 Å². The maximum Gasteiger partial charge on any atom is 0.271 e. The summed E-state index contributed by atoms with van der Waals surface area (Å²) in [6.07, 6.45) is -0.732. The Bertz CT molecular complexity index is 787. The average molecular weight is 328 g/mol. The number of hydrogen-bond acceptors (Lipinski definition) is 4. The van der Waals surface area contributed by atoms with Gasteiger partial charge in [-0.3, -0.25) is 14.9 Å². The minimum Gasteiger partial charge on any atom is -0.481 e. The molecule has 1 atom stereocenters. The van der Waals surface area contributed by atoms with Crippen LogP contribution in [0.15, 0.2) is 36.4 Å². The summed E-state index contributed by atoms with van der Waals surface area (Å²) in [5.41, 5.74) is 3.06. The van der Waals surface area contributed by atoms with E-state index in [0.717, 1.165) is 16.7 Å². The van der Waals surface area contributed by atoms with Gasteiger partial charge in [0.2, 0.25) is 0 Å². The fourth-order valence-electron chi connectivity index (χ4n) is 2.17. The Kier molecular flexibility index (Phi) is 5.18. The topological polar surface area (TPSA) is 81.5 Å². The average Bonchev–Trinajstić information content (AvgIpc) is 2.52. The number of nitrogens with one attached hydrogen (secondary N) is 1. The van der Waals surface area contributed by atoms with E-state index in [-0.39, 0.29) is 11.6 Å². The molecule has 0 aliphatic carbocycles. The van der Waals surface area contributed by atoms with E-state index in [1.54, 1.807) is 19.9 Å². The molecule has 0 heterocycles. The third-order valence-corrected chi connectivity index (χ3v) is 3.71. The number of aryl methyl sites for hydroxylation is 3. The highest BCUT2D eigenvalue weighted by atomic mass is 16.6. The summed E-state index contributed by atoms with van der Waals surface area (Å²) in [5.74, 6) is 0.285. The van der Waals surface area contributed by atoms with E-state index in [0.29, 0.717) is 11.4 Å². The van der Waals surface area contributed by atoms with Crippen LogP contribution in [0.2, 0.25) is 0 Å². The van der Waals surface area contributed by atoms with Crippen LogP contribution in [0.3, 0.4) is 0 Å². The molecule has 1 N–H and O–H groups in total. The molecule has 6 heteroatoms. The molecule has 2 rings (SSSR count). The van der Waals surface area contributed by atoms with Crippen molar-refractivity contribution in [1.29, 1.82) is 0 Å². The van der Waals surface area contributed by atoms with Crippen LogP contribution >= 0.6 is 0 Å². The van der Waals surface area contributed by atoms with E-state index in [1.165, 1.54) is 12.1 Å². The van der Waals surface area contributed by atoms with E-state index >= 15 is 0 Å². The van der Waals surface area contributed by atoms with E-state index < -0.39 is 11.0 Å². The molecule has 0 saturated carbocycles. The van der Waals surface area contributed by atoms with Crippen molar-refractivity contribution in [3.05, 3.63) is 63.2 Å². The zero-order valence-electron chi connectivity index (χ0n) is 14.1. The lowest BCUT2D eigenvalue weighted by molar-refractivity contribution is -0.384. The maximum absolute atomic E-state index is 12.3. The predicted molar refractivity (Wildman–Crippen MR) is 92.5 cm³/mol. The van der Waals surface area contributed by atoms with Gasteiger partial charge in [0.25, 0.3) is 11.6 Å². The second-order valence-electron chi connectivity index (χ2n) is 5.77. The van der Waals surface area contributed by atoms with Crippen molar-refractivity contribution >= 4 is 17.3 Å². The van der Waals surface area contributed by atoms with Crippen LogP contribution in [0, 0.1) is 30.9 Å². The molecule has 0 bridgehead atoms. The lowest BCUT2D eigenvalue weighted by atomic mass is 10.1. The Morgan fingerprint density at radius 1 is 1.12 bits per heavy atom. The zero-order chi connectivity index (χ0) is 17.9. The lowest BCUT2D eigenvalue weighted by Gasteiger charge is -2.17. The first-order valence-corrected chi connectivity index (χ1v) is 7.57. The minimum absolute atomic E-state index is 0.0704. The summed E-state index contributed by atoms with van der Waals surface area (Å²) in [5, 5.41) is 13.6. The number of carbonyl (C=O) groups excluding carboxylic acids is 1. The van der Waals surface area contributed by atoms with Gasteiger partial charge >= 0.3 is 0 Å². The summed E-state index contributed by atoms with van der Waals surface area (Å²) in [6, 6.07) is 10.1. The quantitative estimate of drug-likeness (QED) is 0.666. The van der Waals surface area contributed by atoms with Crippen LogP contribution in [0.5, 0.6) is 5.75 Å². The number of ether oxygens (including phenoxy) is 1. The molecule has 2 aromatic carbocycles. The number of carbonyl (C=O) groups is 1. The van der Waals surface area contributed by atoms with Crippen molar-refractivity contribution in [2.45, 2.75) is 33.8 Å². The number of nitrogens with zero attached hydrogens (tertiary/aromatic N) is 1. The van der Waals surface area contributed by atoms with Gasteiger partial charge in [-0.25, -0.2) is 0 Å². The second-order valence-corrected chi connectivity index (χ2v) is 5.77. The first-order chi connectivity index (χ1) is 11.3. The Morgan fingerprint density at radius 3 is 2.46 bits per heavy atom. The monoisotopic (exact) mass is 328 g/mol. The summed E-state index contributed by atoms with van der Waals surface area (Å²) < 4.78 is 5.73. The highest BCUT2D eigenvalue weighted by molar-refractivity contribution is 5.95. The standard InChI is InChI=1S/C18H20N2O4/c1-11-5-6-13(3)17(9-11)24-14(4)18(21)19-16-10-15(20(22)23)8-7-12(16)2/h5-10,14H,1-4H3,(H,19,21)/t14-/m0/s1. The SMILES string of the molecule is Cc1ccc(C)c(O[C@@H](C)C(=O)Nc2cc([N+](=O)[O-])ccc2C)c1. The third kappa shape index (κ3) is 4.10. The number of hydrogen-bond donors (Lipinski definition) is 1. The fraction of sp³-hybridized carbons (Fsp3) is 0.278. The molecule has 0 spiro atoms. The number of non-ortho nitro benzene ring substituents is 1. The van der Waals surface area contributed by atoms with Crippen molar-refractivity contribution in [2.75, 3.05) is 5.32 Å². The molecule has 0 aromatic heterocycles. The summed E-state index contributed by atoms with van der Waals surface area (Å²) >= 11 is 0. The van der Waals surface area contributed by atoms with Crippen molar-refractivity contribution in [3.63, 3.8) is 0 Å². The van der Waals surface area contributed by atoms with Gasteiger partial charge in [-0.15, -0.1) is 0 Å². The van der Waals surface area contributed by atoms with Crippen molar-refractivity contribution in [3.8, 4) is 5.75 Å². The summed E-state index contributed by atoms with van der Waals surface area (Å²) in [4.78, 5) is 22.7. The predicted octanol–water partition coefficient (Wildman–Crippen LogP) is 3.93. The fourth-order valence-corrected chi connectivity index (χ4v) is 2.17. The minimum atomic E-state index is -0.732. The molecule has 0 aliphatic rings. The van der Waals surface area contributed by atoms with Crippen LogP contribution in [0.1, 0.15) is 23.6 Å². The molecule has 0 unspecified atom stereocenters. The first kappa shape index (κ1) is 17.5. The number of amides is 1. The molecular formula is C18H20N2O4. The Balaban J connectivity index is 2.13. The maximum atomic E-state index is 12.3. The van der Waals surface area contributed by atoms with Gasteiger partial charge in [-0.05, 0) is 50.5 Å². The van der Waals surface area contributed by atoms with Gasteiger partial charge < -0.3 is 10.1 Å². The second kappa shape index (κ2) is 7.12. The van der Waals surface area contributed by atoms with Gasteiger partial charge in [0.05, 0.1) is 10.6 Å². The molecule has 0 saturated heterocycles. The zero-order valence-corrected chi connectivity index (χ0v) is 14.1. The highest BCUT2D eigenvalue weighted by Crippen LogP contribution is 2.23. The van der Waals surface area contributed by atoms with E-state index in [1.807, 2.05) is 32.0 Å². The van der Waals surface area contributed by atoms with Crippen molar-refractivity contribution in [2.24, 2.45) is 0 Å². The first-order valence-electron chi connectivity index (χ1n) is 7.57. The number of nitro benzene ring substituents is 1. The molecule has 24 heavy (non-hydrogen) atoms. The largest absolute Gasteiger partial charge is 0.481 e. The van der Waals surface area contributed by atoms with Crippen LogP contribution in [-0.4, -0.2) is 16.9 Å². The van der Waals surface area contributed by atoms with Crippen molar-refractivity contribution < 1.29 is 14.5 Å². The summed E-state index contributed by atoms with van der Waals surface area (Å²) in [7, 11) is 0. The lowest BCUT2D eigenvalue weighted by Crippen LogP contribution is -2.30. The van der Waals surface area contributed by atoms with Crippen LogP contribution in [-0.2, 0) is 4.79 Å². The Hall–Kier alpha value is -2.89. The van der Waals surface area contributed by atoms with E-state index in [4.69, 9.17) is 4.74 Å². The number of anilines is 1. The molecular weight excluding hydrogens is 308 g/mol. The Morgan fingerprint density at radius 2 is 1.79 bits per heavy atom. The molecule has 0 radical (unpaired) electrons. The molecule has 0 fully saturated rings.